The van der Waals surface area contributed by atoms with Crippen LogP contribution >= 0.6 is 0 Å². The largest absolute Gasteiger partial charge is 0.351 e. The second-order valence-corrected chi connectivity index (χ2v) is 8.54. The van der Waals surface area contributed by atoms with E-state index in [2.05, 4.69) is 39.9 Å². The standard InChI is InChI=1S/C26H29N7O2/c1-19(20-9-5-4-6-10-20)23(14-15-27-25(34)24-13-8-16-31(24)2)32(3)26(35)21-11-7-12-22(17-21)33-18-28-29-30-33/h4-13,16-19,23H,14-15H2,1-3H3,(H,27,34). The van der Waals surface area contributed by atoms with E-state index in [0.717, 1.165) is 5.56 Å². The predicted molar refractivity (Wildman–Crippen MR) is 132 cm³/mol. The van der Waals surface area contributed by atoms with E-state index in [1.165, 1.54) is 11.0 Å². The highest BCUT2D eigenvalue weighted by atomic mass is 16.2. The molecule has 2 atom stereocenters. The third-order valence-electron chi connectivity index (χ3n) is 6.33. The zero-order chi connectivity index (χ0) is 24.8. The van der Waals surface area contributed by atoms with Gasteiger partial charge in [0, 0.05) is 44.4 Å². The minimum Gasteiger partial charge on any atom is -0.351 e. The average molecular weight is 472 g/mol. The Bertz CT molecular complexity index is 1270. The Morgan fingerprint density at radius 1 is 1.06 bits per heavy atom. The van der Waals surface area contributed by atoms with Crippen molar-refractivity contribution in [1.82, 2.24) is 35.0 Å². The number of likely N-dealkylation sites (N-methyl/N-ethyl adjacent to an activating group) is 1. The molecule has 9 heteroatoms. The van der Waals surface area contributed by atoms with Gasteiger partial charge in [0.05, 0.1) is 5.69 Å². The van der Waals surface area contributed by atoms with E-state index in [1.54, 1.807) is 27.7 Å². The molecule has 0 saturated carbocycles. The third kappa shape index (κ3) is 5.46. The molecule has 2 aromatic carbocycles. The van der Waals surface area contributed by atoms with Crippen LogP contribution in [0, 0.1) is 0 Å². The summed E-state index contributed by atoms with van der Waals surface area (Å²) in [6.07, 6.45) is 3.93. The highest BCUT2D eigenvalue weighted by Crippen LogP contribution is 2.26. The van der Waals surface area contributed by atoms with Crippen LogP contribution < -0.4 is 5.32 Å². The molecule has 2 aromatic heterocycles. The number of aromatic nitrogens is 5. The number of benzene rings is 2. The summed E-state index contributed by atoms with van der Waals surface area (Å²) in [5, 5.41) is 14.2. The van der Waals surface area contributed by atoms with Gasteiger partial charge in [-0.3, -0.25) is 9.59 Å². The van der Waals surface area contributed by atoms with Crippen LogP contribution in [0.15, 0.2) is 79.3 Å². The molecular weight excluding hydrogens is 442 g/mol. The van der Waals surface area contributed by atoms with Crippen molar-refractivity contribution < 1.29 is 9.59 Å². The number of amides is 2. The molecule has 2 heterocycles. The summed E-state index contributed by atoms with van der Waals surface area (Å²) in [5.74, 6) is -0.187. The first-order valence-corrected chi connectivity index (χ1v) is 11.5. The summed E-state index contributed by atoms with van der Waals surface area (Å²) in [6, 6.07) is 20.8. The highest BCUT2D eigenvalue weighted by molar-refractivity contribution is 5.95. The molecule has 1 N–H and O–H groups in total. The van der Waals surface area contributed by atoms with Gasteiger partial charge < -0.3 is 14.8 Å². The number of aryl methyl sites for hydroxylation is 1. The van der Waals surface area contributed by atoms with Crippen LogP contribution in [0.25, 0.3) is 5.69 Å². The Morgan fingerprint density at radius 3 is 2.54 bits per heavy atom. The van der Waals surface area contributed by atoms with Crippen LogP contribution in [0.2, 0.25) is 0 Å². The molecular formula is C26H29N7O2. The number of nitrogens with one attached hydrogen (secondary N) is 1. The lowest BCUT2D eigenvalue weighted by Crippen LogP contribution is -2.42. The number of carbonyl (C=O) groups is 2. The topological polar surface area (TPSA) is 97.9 Å². The van der Waals surface area contributed by atoms with Gasteiger partial charge in [-0.2, -0.15) is 0 Å². The van der Waals surface area contributed by atoms with Crippen LogP contribution in [0.3, 0.4) is 0 Å². The average Bonchev–Trinajstić information content (AvgIpc) is 3.58. The van der Waals surface area contributed by atoms with E-state index < -0.39 is 0 Å². The first kappa shape index (κ1) is 23.9. The van der Waals surface area contributed by atoms with E-state index in [9.17, 15) is 9.59 Å². The number of carbonyl (C=O) groups excluding carboxylic acids is 2. The zero-order valence-electron chi connectivity index (χ0n) is 20.1. The van der Waals surface area contributed by atoms with Gasteiger partial charge in [0.15, 0.2) is 0 Å². The van der Waals surface area contributed by atoms with Crippen LogP contribution in [-0.4, -0.2) is 61.1 Å². The van der Waals surface area contributed by atoms with Gasteiger partial charge in [0.2, 0.25) is 0 Å². The normalized spacial score (nSPS) is 12.7. The van der Waals surface area contributed by atoms with Crippen molar-refractivity contribution in [3.8, 4) is 5.69 Å². The Morgan fingerprint density at radius 2 is 1.86 bits per heavy atom. The second-order valence-electron chi connectivity index (χ2n) is 8.54. The van der Waals surface area contributed by atoms with E-state index in [1.807, 2.05) is 56.7 Å². The number of rotatable bonds is 9. The number of hydrogen-bond donors (Lipinski definition) is 1. The summed E-state index contributed by atoms with van der Waals surface area (Å²) in [7, 11) is 3.65. The Hall–Kier alpha value is -4.27. The maximum Gasteiger partial charge on any atom is 0.267 e. The summed E-state index contributed by atoms with van der Waals surface area (Å²) < 4.78 is 3.30. The quantitative estimate of drug-likeness (QED) is 0.405. The minimum atomic E-state index is -0.143. The van der Waals surface area contributed by atoms with Crippen molar-refractivity contribution in [1.29, 1.82) is 0 Å². The van der Waals surface area contributed by atoms with E-state index in [0.29, 0.717) is 29.9 Å². The van der Waals surface area contributed by atoms with Gasteiger partial charge in [0.25, 0.3) is 11.8 Å². The molecule has 2 amide bonds. The molecule has 0 saturated heterocycles. The van der Waals surface area contributed by atoms with Gasteiger partial charge in [-0.15, -0.1) is 5.10 Å². The molecule has 9 nitrogen and oxygen atoms in total. The van der Waals surface area contributed by atoms with E-state index in [-0.39, 0.29) is 23.8 Å². The summed E-state index contributed by atoms with van der Waals surface area (Å²) in [5.41, 5.74) is 2.98. The van der Waals surface area contributed by atoms with Crippen LogP contribution in [-0.2, 0) is 7.05 Å². The minimum absolute atomic E-state index is 0.0554. The lowest BCUT2D eigenvalue weighted by atomic mass is 9.90. The van der Waals surface area contributed by atoms with Gasteiger partial charge in [-0.1, -0.05) is 43.3 Å². The van der Waals surface area contributed by atoms with Crippen LogP contribution in [0.1, 0.15) is 45.7 Å². The summed E-state index contributed by atoms with van der Waals surface area (Å²) in [4.78, 5) is 27.9. The van der Waals surface area contributed by atoms with Crippen LogP contribution in [0.4, 0.5) is 0 Å². The maximum atomic E-state index is 13.5. The van der Waals surface area contributed by atoms with Crippen molar-refractivity contribution in [2.45, 2.75) is 25.3 Å². The molecule has 0 bridgehead atoms. The molecule has 0 radical (unpaired) electrons. The fraction of sp³-hybridized carbons (Fsp3) is 0.269. The van der Waals surface area contributed by atoms with Crippen molar-refractivity contribution in [2.75, 3.05) is 13.6 Å². The van der Waals surface area contributed by atoms with Crippen molar-refractivity contribution in [3.63, 3.8) is 0 Å². The third-order valence-corrected chi connectivity index (χ3v) is 6.33. The molecule has 0 fully saturated rings. The SMILES string of the molecule is CC(c1ccccc1)C(CCNC(=O)c1cccn1C)N(C)C(=O)c1cccc(-n2cnnn2)c1. The van der Waals surface area contributed by atoms with Crippen molar-refractivity contribution in [3.05, 3.63) is 96.1 Å². The smallest absolute Gasteiger partial charge is 0.267 e. The van der Waals surface area contributed by atoms with Crippen molar-refractivity contribution in [2.24, 2.45) is 7.05 Å². The molecule has 4 aromatic rings. The first-order chi connectivity index (χ1) is 17.0. The summed E-state index contributed by atoms with van der Waals surface area (Å²) in [6.45, 7) is 2.55. The fourth-order valence-electron chi connectivity index (χ4n) is 4.29. The zero-order valence-corrected chi connectivity index (χ0v) is 20.1. The lowest BCUT2D eigenvalue weighted by Gasteiger charge is -2.33. The number of hydrogen-bond acceptors (Lipinski definition) is 5. The van der Waals surface area contributed by atoms with Crippen LogP contribution in [0.5, 0.6) is 0 Å². The van der Waals surface area contributed by atoms with Gasteiger partial charge in [0.1, 0.15) is 12.0 Å². The van der Waals surface area contributed by atoms with Crippen molar-refractivity contribution >= 4 is 11.8 Å². The van der Waals surface area contributed by atoms with E-state index >= 15 is 0 Å². The molecule has 180 valence electrons. The number of nitrogens with zero attached hydrogens (tertiary/aromatic N) is 6. The first-order valence-electron chi connectivity index (χ1n) is 11.5. The second kappa shape index (κ2) is 10.8. The van der Waals surface area contributed by atoms with Gasteiger partial charge in [-0.25, -0.2) is 4.68 Å². The van der Waals surface area contributed by atoms with Gasteiger partial charge >= 0.3 is 0 Å². The molecule has 0 spiro atoms. The molecule has 0 aliphatic carbocycles. The van der Waals surface area contributed by atoms with Gasteiger partial charge in [-0.05, 0) is 52.7 Å². The Labute approximate surface area is 204 Å². The predicted octanol–water partition coefficient (Wildman–Crippen LogP) is 3.07. The fourth-order valence-corrected chi connectivity index (χ4v) is 4.29. The highest BCUT2D eigenvalue weighted by Gasteiger charge is 2.27. The molecule has 35 heavy (non-hydrogen) atoms. The molecule has 0 aliphatic heterocycles. The monoisotopic (exact) mass is 471 g/mol. The number of tetrazole rings is 1. The maximum absolute atomic E-state index is 13.5. The Balaban J connectivity index is 1.53. The Kier molecular flexibility index (Phi) is 7.35. The molecule has 4 rings (SSSR count). The summed E-state index contributed by atoms with van der Waals surface area (Å²) >= 11 is 0. The molecule has 0 aliphatic rings. The lowest BCUT2D eigenvalue weighted by molar-refractivity contribution is 0.0701. The molecule has 2 unspecified atom stereocenters. The van der Waals surface area contributed by atoms with E-state index in [4.69, 9.17) is 0 Å².